The van der Waals surface area contributed by atoms with E-state index in [4.69, 9.17) is 4.74 Å². The van der Waals surface area contributed by atoms with E-state index >= 15 is 0 Å². The summed E-state index contributed by atoms with van der Waals surface area (Å²) in [6, 6.07) is 15.2. The SMILES string of the molecule is COc1cccc(CC(=O)NCCn2ccc(-c3ccccn3)n2)c1. The van der Waals surface area contributed by atoms with Gasteiger partial charge in [0, 0.05) is 18.9 Å². The van der Waals surface area contributed by atoms with E-state index in [1.807, 2.05) is 54.7 Å². The summed E-state index contributed by atoms with van der Waals surface area (Å²) in [5.41, 5.74) is 2.58. The third kappa shape index (κ3) is 4.67. The number of ether oxygens (including phenoxy) is 1. The van der Waals surface area contributed by atoms with E-state index in [0.29, 0.717) is 19.5 Å². The van der Waals surface area contributed by atoms with Crippen LogP contribution < -0.4 is 10.1 Å². The fraction of sp³-hybridized carbons (Fsp3) is 0.211. The fourth-order valence-electron chi connectivity index (χ4n) is 2.48. The highest BCUT2D eigenvalue weighted by Crippen LogP contribution is 2.13. The van der Waals surface area contributed by atoms with Crippen LogP contribution >= 0.6 is 0 Å². The van der Waals surface area contributed by atoms with Gasteiger partial charge in [-0.05, 0) is 35.9 Å². The molecule has 1 aromatic carbocycles. The molecule has 0 aliphatic heterocycles. The van der Waals surface area contributed by atoms with Crippen molar-refractivity contribution in [2.24, 2.45) is 0 Å². The van der Waals surface area contributed by atoms with Crippen molar-refractivity contribution in [2.45, 2.75) is 13.0 Å². The highest BCUT2D eigenvalue weighted by atomic mass is 16.5. The van der Waals surface area contributed by atoms with Crippen LogP contribution in [0.4, 0.5) is 0 Å². The first-order chi connectivity index (χ1) is 12.2. The van der Waals surface area contributed by atoms with Crippen LogP contribution in [0, 0.1) is 0 Å². The number of aromatic nitrogens is 3. The molecule has 1 amide bonds. The number of nitrogens with zero attached hydrogens (tertiary/aromatic N) is 3. The molecule has 3 rings (SSSR count). The summed E-state index contributed by atoms with van der Waals surface area (Å²) in [4.78, 5) is 16.3. The Morgan fingerprint density at radius 3 is 2.88 bits per heavy atom. The van der Waals surface area contributed by atoms with Gasteiger partial charge < -0.3 is 10.1 Å². The number of benzene rings is 1. The third-order valence-electron chi connectivity index (χ3n) is 3.73. The van der Waals surface area contributed by atoms with E-state index < -0.39 is 0 Å². The van der Waals surface area contributed by atoms with Gasteiger partial charge in [-0.3, -0.25) is 14.5 Å². The monoisotopic (exact) mass is 336 g/mol. The number of methoxy groups -OCH3 is 1. The number of hydrogen-bond donors (Lipinski definition) is 1. The third-order valence-corrected chi connectivity index (χ3v) is 3.73. The largest absolute Gasteiger partial charge is 0.497 e. The molecule has 0 spiro atoms. The summed E-state index contributed by atoms with van der Waals surface area (Å²) in [6.07, 6.45) is 3.96. The van der Waals surface area contributed by atoms with Gasteiger partial charge in [0.15, 0.2) is 0 Å². The van der Waals surface area contributed by atoms with Crippen molar-refractivity contribution in [1.82, 2.24) is 20.1 Å². The molecule has 0 radical (unpaired) electrons. The second-order valence-electron chi connectivity index (χ2n) is 5.56. The van der Waals surface area contributed by atoms with Crippen molar-refractivity contribution >= 4 is 5.91 Å². The van der Waals surface area contributed by atoms with Gasteiger partial charge in [0.05, 0.1) is 25.8 Å². The first-order valence-electron chi connectivity index (χ1n) is 8.09. The molecule has 2 aromatic heterocycles. The van der Waals surface area contributed by atoms with Crippen molar-refractivity contribution < 1.29 is 9.53 Å². The first kappa shape index (κ1) is 16.7. The van der Waals surface area contributed by atoms with Crippen LogP contribution in [-0.4, -0.2) is 34.3 Å². The molecule has 25 heavy (non-hydrogen) atoms. The summed E-state index contributed by atoms with van der Waals surface area (Å²) >= 11 is 0. The number of nitrogens with one attached hydrogen (secondary N) is 1. The Balaban J connectivity index is 1.48. The molecule has 6 nitrogen and oxygen atoms in total. The number of pyridine rings is 1. The van der Waals surface area contributed by atoms with Crippen LogP contribution in [0.3, 0.4) is 0 Å². The Hall–Kier alpha value is -3.15. The normalized spacial score (nSPS) is 10.4. The van der Waals surface area contributed by atoms with Crippen LogP contribution in [0.2, 0.25) is 0 Å². The van der Waals surface area contributed by atoms with Crippen molar-refractivity contribution in [2.75, 3.05) is 13.7 Å². The maximum absolute atomic E-state index is 12.0. The molecule has 0 aliphatic carbocycles. The molecule has 0 aliphatic rings. The van der Waals surface area contributed by atoms with Crippen molar-refractivity contribution in [3.8, 4) is 17.1 Å². The van der Waals surface area contributed by atoms with Gasteiger partial charge in [-0.25, -0.2) is 0 Å². The number of hydrogen-bond acceptors (Lipinski definition) is 4. The number of amides is 1. The van der Waals surface area contributed by atoms with Gasteiger partial charge in [-0.15, -0.1) is 0 Å². The first-order valence-corrected chi connectivity index (χ1v) is 8.09. The van der Waals surface area contributed by atoms with E-state index in [-0.39, 0.29) is 5.91 Å². The maximum atomic E-state index is 12.0. The van der Waals surface area contributed by atoms with Crippen LogP contribution in [-0.2, 0) is 17.8 Å². The Labute approximate surface area is 146 Å². The highest BCUT2D eigenvalue weighted by molar-refractivity contribution is 5.78. The Bertz CT molecular complexity index is 830. The van der Waals surface area contributed by atoms with Crippen molar-refractivity contribution in [3.05, 3.63) is 66.5 Å². The van der Waals surface area contributed by atoms with Gasteiger partial charge in [0.1, 0.15) is 11.4 Å². The molecule has 1 N–H and O–H groups in total. The van der Waals surface area contributed by atoms with E-state index in [9.17, 15) is 4.79 Å². The lowest BCUT2D eigenvalue weighted by Crippen LogP contribution is -2.28. The van der Waals surface area contributed by atoms with Crippen LogP contribution in [0.5, 0.6) is 5.75 Å². The molecule has 128 valence electrons. The molecular formula is C19H20N4O2. The van der Waals surface area contributed by atoms with Gasteiger partial charge >= 0.3 is 0 Å². The highest BCUT2D eigenvalue weighted by Gasteiger charge is 2.06. The molecule has 3 aromatic rings. The molecule has 0 fully saturated rings. The van der Waals surface area contributed by atoms with Crippen molar-refractivity contribution in [3.63, 3.8) is 0 Å². The lowest BCUT2D eigenvalue weighted by Gasteiger charge is -2.07. The Morgan fingerprint density at radius 1 is 1.16 bits per heavy atom. The standard InChI is InChI=1S/C19H20N4O2/c1-25-16-6-4-5-15(13-16)14-19(24)21-10-12-23-11-8-18(22-23)17-7-2-3-9-20-17/h2-9,11,13H,10,12,14H2,1H3,(H,21,24). The van der Waals surface area contributed by atoms with E-state index in [1.165, 1.54) is 0 Å². The number of rotatable bonds is 7. The average Bonchev–Trinajstić information content (AvgIpc) is 3.11. The average molecular weight is 336 g/mol. The van der Waals surface area contributed by atoms with E-state index in [0.717, 1.165) is 22.7 Å². The summed E-state index contributed by atoms with van der Waals surface area (Å²) < 4.78 is 6.97. The predicted octanol–water partition coefficient (Wildman–Crippen LogP) is 2.31. The molecule has 0 atom stereocenters. The Kier molecular flexibility index (Phi) is 5.41. The minimum absolute atomic E-state index is 0.0228. The molecule has 0 bridgehead atoms. The zero-order chi connectivity index (χ0) is 17.5. The molecular weight excluding hydrogens is 316 g/mol. The fourth-order valence-corrected chi connectivity index (χ4v) is 2.48. The molecule has 6 heteroatoms. The lowest BCUT2D eigenvalue weighted by atomic mass is 10.1. The summed E-state index contributed by atoms with van der Waals surface area (Å²) in [7, 11) is 1.61. The predicted molar refractivity (Wildman–Crippen MR) is 95.2 cm³/mol. The topological polar surface area (TPSA) is 69.0 Å². The van der Waals surface area contributed by atoms with Crippen LogP contribution in [0.1, 0.15) is 5.56 Å². The van der Waals surface area contributed by atoms with E-state index in [2.05, 4.69) is 15.4 Å². The summed E-state index contributed by atoms with van der Waals surface area (Å²) in [5.74, 6) is 0.731. The van der Waals surface area contributed by atoms with Crippen LogP contribution in [0.15, 0.2) is 60.9 Å². The minimum Gasteiger partial charge on any atom is -0.497 e. The maximum Gasteiger partial charge on any atom is 0.224 e. The molecule has 0 saturated heterocycles. The molecule has 2 heterocycles. The summed E-state index contributed by atoms with van der Waals surface area (Å²) in [5, 5.41) is 7.38. The molecule has 0 saturated carbocycles. The van der Waals surface area contributed by atoms with Crippen molar-refractivity contribution in [1.29, 1.82) is 0 Å². The minimum atomic E-state index is -0.0228. The van der Waals surface area contributed by atoms with Crippen LogP contribution in [0.25, 0.3) is 11.4 Å². The van der Waals surface area contributed by atoms with Gasteiger partial charge in [0.2, 0.25) is 5.91 Å². The number of carbonyl (C=O) groups is 1. The zero-order valence-corrected chi connectivity index (χ0v) is 14.1. The van der Waals surface area contributed by atoms with Gasteiger partial charge in [-0.1, -0.05) is 18.2 Å². The van der Waals surface area contributed by atoms with Gasteiger partial charge in [0.25, 0.3) is 0 Å². The Morgan fingerprint density at radius 2 is 2.08 bits per heavy atom. The zero-order valence-electron chi connectivity index (χ0n) is 14.1. The molecule has 0 unspecified atom stereocenters. The quantitative estimate of drug-likeness (QED) is 0.719. The second-order valence-corrected chi connectivity index (χ2v) is 5.56. The number of carbonyl (C=O) groups excluding carboxylic acids is 1. The van der Waals surface area contributed by atoms with Gasteiger partial charge in [-0.2, -0.15) is 5.10 Å². The second kappa shape index (κ2) is 8.10. The van der Waals surface area contributed by atoms with E-state index in [1.54, 1.807) is 18.0 Å². The summed E-state index contributed by atoms with van der Waals surface area (Å²) in [6.45, 7) is 1.13. The smallest absolute Gasteiger partial charge is 0.224 e. The lowest BCUT2D eigenvalue weighted by molar-refractivity contribution is -0.120.